The number of nitrogens with one attached hydrogen (secondary N) is 1. The van der Waals surface area contributed by atoms with E-state index in [0.717, 1.165) is 11.8 Å². The first kappa shape index (κ1) is 14.3. The van der Waals surface area contributed by atoms with E-state index in [2.05, 4.69) is 5.32 Å². The molecule has 2 rings (SSSR count). The van der Waals surface area contributed by atoms with Crippen LogP contribution in [0.15, 0.2) is 0 Å². The number of aliphatic hydroxyl groups excluding tert-OH is 2. The van der Waals surface area contributed by atoms with Gasteiger partial charge in [-0.3, -0.25) is 0 Å². The summed E-state index contributed by atoms with van der Waals surface area (Å²) >= 11 is 0. The largest absolute Gasteiger partial charge is 0.395 e. The third kappa shape index (κ3) is 3.69. The average molecular weight is 255 g/mol. The smallest absolute Gasteiger partial charge is 0.0607 e. The lowest BCUT2D eigenvalue weighted by molar-refractivity contribution is 0.107. The maximum atomic E-state index is 9.23. The fourth-order valence-corrected chi connectivity index (χ4v) is 3.96. The molecule has 2 aliphatic carbocycles. The van der Waals surface area contributed by atoms with Gasteiger partial charge in [0.05, 0.1) is 19.3 Å². The van der Waals surface area contributed by atoms with Gasteiger partial charge in [-0.05, 0) is 24.7 Å². The average Bonchev–Trinajstić information content (AvgIpc) is 2.46. The molecule has 0 bridgehead atoms. The van der Waals surface area contributed by atoms with E-state index in [4.69, 9.17) is 0 Å². The number of aliphatic hydroxyl groups is 2. The molecule has 2 fully saturated rings. The summed E-state index contributed by atoms with van der Waals surface area (Å²) in [5.74, 6) is 1.66. The predicted molar refractivity (Wildman–Crippen MR) is 73.4 cm³/mol. The summed E-state index contributed by atoms with van der Waals surface area (Å²) in [4.78, 5) is 0. The first-order valence-corrected chi connectivity index (χ1v) is 7.83. The van der Waals surface area contributed by atoms with Crippen LogP contribution in [-0.2, 0) is 0 Å². The van der Waals surface area contributed by atoms with Crippen LogP contribution in [0.4, 0.5) is 0 Å². The molecule has 2 atom stereocenters. The van der Waals surface area contributed by atoms with Crippen LogP contribution in [-0.4, -0.2) is 35.5 Å². The van der Waals surface area contributed by atoms with Crippen molar-refractivity contribution < 1.29 is 10.2 Å². The molecule has 0 aliphatic heterocycles. The molecular formula is C15H29NO2. The van der Waals surface area contributed by atoms with Crippen molar-refractivity contribution in [3.05, 3.63) is 0 Å². The Labute approximate surface area is 111 Å². The van der Waals surface area contributed by atoms with Gasteiger partial charge in [0, 0.05) is 6.04 Å². The number of rotatable bonds is 5. The molecule has 3 heteroatoms. The molecule has 0 aromatic heterocycles. The van der Waals surface area contributed by atoms with Gasteiger partial charge in [-0.15, -0.1) is 0 Å². The van der Waals surface area contributed by atoms with Crippen LogP contribution in [0.1, 0.15) is 57.8 Å². The zero-order valence-electron chi connectivity index (χ0n) is 11.5. The molecule has 2 unspecified atom stereocenters. The SMILES string of the molecule is OCC(CO)NC1CCCCC1C1CCCCC1. The molecule has 3 nitrogen and oxygen atoms in total. The van der Waals surface area contributed by atoms with Gasteiger partial charge in [0.1, 0.15) is 0 Å². The van der Waals surface area contributed by atoms with Crippen LogP contribution >= 0.6 is 0 Å². The summed E-state index contributed by atoms with van der Waals surface area (Å²) in [6.07, 6.45) is 12.2. The van der Waals surface area contributed by atoms with Crippen molar-refractivity contribution in [2.75, 3.05) is 13.2 Å². The highest BCUT2D eigenvalue weighted by atomic mass is 16.3. The minimum absolute atomic E-state index is 0.0460. The highest BCUT2D eigenvalue weighted by Crippen LogP contribution is 2.38. The molecule has 0 saturated heterocycles. The van der Waals surface area contributed by atoms with Crippen LogP contribution in [0.25, 0.3) is 0 Å². The minimum atomic E-state index is -0.126. The fourth-order valence-electron chi connectivity index (χ4n) is 3.96. The predicted octanol–water partition coefficient (Wildman–Crippen LogP) is 2.07. The first-order chi connectivity index (χ1) is 8.85. The summed E-state index contributed by atoms with van der Waals surface area (Å²) in [6, 6.07) is 0.394. The van der Waals surface area contributed by atoms with Crippen molar-refractivity contribution >= 4 is 0 Å². The highest BCUT2D eigenvalue weighted by molar-refractivity contribution is 4.88. The van der Waals surface area contributed by atoms with E-state index in [1.165, 1.54) is 57.8 Å². The molecule has 0 heterocycles. The second kappa shape index (κ2) is 7.46. The molecule has 18 heavy (non-hydrogen) atoms. The van der Waals surface area contributed by atoms with Gasteiger partial charge in [-0.2, -0.15) is 0 Å². The molecule has 0 spiro atoms. The van der Waals surface area contributed by atoms with E-state index in [1.54, 1.807) is 0 Å². The third-order valence-corrected chi connectivity index (χ3v) is 4.97. The highest BCUT2D eigenvalue weighted by Gasteiger charge is 2.33. The normalized spacial score (nSPS) is 30.8. The molecule has 0 aromatic rings. The van der Waals surface area contributed by atoms with Crippen LogP contribution in [0.5, 0.6) is 0 Å². The Morgan fingerprint density at radius 3 is 2.11 bits per heavy atom. The van der Waals surface area contributed by atoms with Crippen LogP contribution < -0.4 is 5.32 Å². The minimum Gasteiger partial charge on any atom is -0.395 e. The summed E-state index contributed by atoms with van der Waals surface area (Å²) in [7, 11) is 0. The lowest BCUT2D eigenvalue weighted by atomic mass is 9.71. The maximum absolute atomic E-state index is 9.23. The Balaban J connectivity index is 1.91. The van der Waals surface area contributed by atoms with Gasteiger partial charge in [-0.1, -0.05) is 44.9 Å². The van der Waals surface area contributed by atoms with Gasteiger partial charge < -0.3 is 15.5 Å². The van der Waals surface area contributed by atoms with Crippen molar-refractivity contribution in [3.8, 4) is 0 Å². The zero-order valence-corrected chi connectivity index (χ0v) is 11.5. The number of hydrogen-bond donors (Lipinski definition) is 3. The van der Waals surface area contributed by atoms with Gasteiger partial charge >= 0.3 is 0 Å². The van der Waals surface area contributed by atoms with E-state index >= 15 is 0 Å². The lowest BCUT2D eigenvalue weighted by Gasteiger charge is -2.40. The van der Waals surface area contributed by atoms with Crippen LogP contribution in [0.3, 0.4) is 0 Å². The molecule has 0 radical (unpaired) electrons. The van der Waals surface area contributed by atoms with E-state index in [0.29, 0.717) is 6.04 Å². The summed E-state index contributed by atoms with van der Waals surface area (Å²) in [6.45, 7) is 0.0920. The standard InChI is InChI=1S/C15H29NO2/c17-10-13(11-18)16-15-9-5-4-8-14(15)12-6-2-1-3-7-12/h12-18H,1-11H2. The topological polar surface area (TPSA) is 52.5 Å². The van der Waals surface area contributed by atoms with Crippen molar-refractivity contribution in [1.82, 2.24) is 5.32 Å². The molecular weight excluding hydrogens is 226 g/mol. The van der Waals surface area contributed by atoms with Crippen LogP contribution in [0.2, 0.25) is 0 Å². The Hall–Kier alpha value is -0.120. The molecule has 2 saturated carbocycles. The zero-order chi connectivity index (χ0) is 12.8. The lowest BCUT2D eigenvalue weighted by Crippen LogP contribution is -2.49. The first-order valence-electron chi connectivity index (χ1n) is 7.83. The Kier molecular flexibility index (Phi) is 5.93. The Morgan fingerprint density at radius 2 is 1.44 bits per heavy atom. The van der Waals surface area contributed by atoms with Gasteiger partial charge in [0.2, 0.25) is 0 Å². The van der Waals surface area contributed by atoms with Crippen molar-refractivity contribution in [2.24, 2.45) is 11.8 Å². The molecule has 0 amide bonds. The maximum Gasteiger partial charge on any atom is 0.0607 e. The Bertz CT molecular complexity index is 225. The van der Waals surface area contributed by atoms with E-state index < -0.39 is 0 Å². The van der Waals surface area contributed by atoms with E-state index in [1.807, 2.05) is 0 Å². The summed E-state index contributed by atoms with van der Waals surface area (Å²) in [5, 5.41) is 22.0. The Morgan fingerprint density at radius 1 is 0.833 bits per heavy atom. The molecule has 106 valence electrons. The van der Waals surface area contributed by atoms with Crippen molar-refractivity contribution in [2.45, 2.75) is 69.9 Å². The fraction of sp³-hybridized carbons (Fsp3) is 1.00. The second-order valence-corrected chi connectivity index (χ2v) is 6.18. The number of hydrogen-bond acceptors (Lipinski definition) is 3. The third-order valence-electron chi connectivity index (χ3n) is 4.97. The van der Waals surface area contributed by atoms with Crippen LogP contribution in [0, 0.1) is 11.8 Å². The van der Waals surface area contributed by atoms with Crippen molar-refractivity contribution in [1.29, 1.82) is 0 Å². The quantitative estimate of drug-likeness (QED) is 0.705. The molecule has 3 N–H and O–H groups in total. The van der Waals surface area contributed by atoms with Gasteiger partial charge in [0.15, 0.2) is 0 Å². The summed E-state index contributed by atoms with van der Waals surface area (Å²) < 4.78 is 0. The van der Waals surface area contributed by atoms with E-state index in [-0.39, 0.29) is 19.3 Å². The van der Waals surface area contributed by atoms with Crippen molar-refractivity contribution in [3.63, 3.8) is 0 Å². The monoisotopic (exact) mass is 255 g/mol. The van der Waals surface area contributed by atoms with Gasteiger partial charge in [0.25, 0.3) is 0 Å². The molecule has 0 aromatic carbocycles. The second-order valence-electron chi connectivity index (χ2n) is 6.18. The molecule has 2 aliphatic rings. The van der Waals surface area contributed by atoms with E-state index in [9.17, 15) is 10.2 Å². The summed E-state index contributed by atoms with van der Waals surface area (Å²) in [5.41, 5.74) is 0. The van der Waals surface area contributed by atoms with Gasteiger partial charge in [-0.25, -0.2) is 0 Å².